The van der Waals surface area contributed by atoms with E-state index in [0.717, 1.165) is 21.7 Å². The molecule has 0 unspecified atom stereocenters. The van der Waals surface area contributed by atoms with E-state index < -0.39 is 11.1 Å². The smallest absolute Gasteiger partial charge is 0.411 e. The average Bonchev–Trinajstić information content (AvgIpc) is 2.85. The topological polar surface area (TPSA) is 47.4 Å². The zero-order valence-electron chi connectivity index (χ0n) is 15.6. The van der Waals surface area contributed by atoms with Crippen molar-refractivity contribution in [1.29, 1.82) is 0 Å². The Morgan fingerprint density at radius 2 is 1.85 bits per heavy atom. The zero-order chi connectivity index (χ0) is 19.3. The molecule has 0 saturated carbocycles. The van der Waals surface area contributed by atoms with E-state index in [4.69, 9.17) is 9.72 Å². The third-order valence-electron chi connectivity index (χ3n) is 4.41. The van der Waals surface area contributed by atoms with Crippen LogP contribution in [0.15, 0.2) is 28.9 Å². The molecule has 2 aromatic rings. The molecule has 26 heavy (non-hydrogen) atoms. The summed E-state index contributed by atoms with van der Waals surface area (Å²) in [5.41, 5.74) is 0.361. The first-order valence-electron chi connectivity index (χ1n) is 8.54. The lowest BCUT2D eigenvalue weighted by Crippen LogP contribution is -2.53. The van der Waals surface area contributed by atoms with Gasteiger partial charge in [0.15, 0.2) is 0 Å². The lowest BCUT2D eigenvalue weighted by Gasteiger charge is -2.42. The number of benzene rings is 1. The van der Waals surface area contributed by atoms with Crippen molar-refractivity contribution in [1.82, 2.24) is 14.5 Å². The minimum atomic E-state index is -0.638. The molecule has 0 bridgehead atoms. The van der Waals surface area contributed by atoms with Crippen LogP contribution in [0, 0.1) is 5.82 Å². The summed E-state index contributed by atoms with van der Waals surface area (Å²) >= 11 is 3.62. The molecule has 1 aliphatic heterocycles. The van der Waals surface area contributed by atoms with Gasteiger partial charge in [-0.3, -0.25) is 4.90 Å². The molecule has 140 valence electrons. The van der Waals surface area contributed by atoms with Crippen LogP contribution in [-0.2, 0) is 16.8 Å². The summed E-state index contributed by atoms with van der Waals surface area (Å²) in [4.78, 5) is 19.1. The van der Waals surface area contributed by atoms with Gasteiger partial charge in [-0.15, -0.1) is 0 Å². The molecule has 0 atom stereocenters. The molecule has 7 heteroatoms. The van der Waals surface area contributed by atoms with Gasteiger partial charge in [-0.2, -0.15) is 0 Å². The zero-order valence-corrected chi connectivity index (χ0v) is 17.2. The minimum absolute atomic E-state index is 0.287. The highest BCUT2D eigenvalue weighted by molar-refractivity contribution is 9.10. The number of hydrogen-bond acceptors (Lipinski definition) is 3. The Morgan fingerprint density at radius 1 is 1.23 bits per heavy atom. The number of amides is 1. The van der Waals surface area contributed by atoms with E-state index in [9.17, 15) is 9.18 Å². The summed E-state index contributed by atoms with van der Waals surface area (Å²) < 4.78 is 21.7. The van der Waals surface area contributed by atoms with Gasteiger partial charge in [-0.05, 0) is 74.8 Å². The Kier molecular flexibility index (Phi) is 4.63. The summed E-state index contributed by atoms with van der Waals surface area (Å²) in [6.45, 7) is 10.6. The van der Waals surface area contributed by atoms with Crippen molar-refractivity contribution >= 4 is 22.0 Å². The van der Waals surface area contributed by atoms with Gasteiger partial charge in [0.1, 0.15) is 27.5 Å². The van der Waals surface area contributed by atoms with Crippen LogP contribution in [0.2, 0.25) is 0 Å². The summed E-state index contributed by atoms with van der Waals surface area (Å²) in [6.07, 6.45) is -0.351. The Morgan fingerprint density at radius 3 is 2.42 bits per heavy atom. The highest BCUT2D eigenvalue weighted by Gasteiger charge is 2.42. The van der Waals surface area contributed by atoms with E-state index in [0.29, 0.717) is 13.1 Å². The van der Waals surface area contributed by atoms with Crippen molar-refractivity contribution in [2.24, 2.45) is 0 Å². The van der Waals surface area contributed by atoms with E-state index in [1.165, 1.54) is 12.1 Å². The predicted octanol–water partition coefficient (Wildman–Crippen LogP) is 4.94. The third kappa shape index (κ3) is 3.37. The average molecular weight is 424 g/mol. The van der Waals surface area contributed by atoms with E-state index in [1.54, 1.807) is 17.0 Å². The predicted molar refractivity (Wildman–Crippen MR) is 101 cm³/mol. The molecule has 0 N–H and O–H groups in total. The molecule has 5 nitrogen and oxygen atoms in total. The molecule has 0 spiro atoms. The quantitative estimate of drug-likeness (QED) is 0.652. The minimum Gasteiger partial charge on any atom is -0.444 e. The molecule has 3 rings (SSSR count). The largest absolute Gasteiger partial charge is 0.444 e. The molecule has 0 fully saturated rings. The number of rotatable bonds is 1. The normalized spacial score (nSPS) is 16.3. The Hall–Kier alpha value is -1.89. The van der Waals surface area contributed by atoms with Crippen LogP contribution in [-0.4, -0.2) is 32.7 Å². The van der Waals surface area contributed by atoms with Crippen LogP contribution in [0.3, 0.4) is 0 Å². The number of carbonyl (C=O) groups excluding carboxylic acids is 1. The van der Waals surface area contributed by atoms with Crippen molar-refractivity contribution in [3.63, 3.8) is 0 Å². The molecule has 1 aromatic heterocycles. The molecule has 1 amide bonds. The molecule has 0 saturated heterocycles. The second kappa shape index (κ2) is 6.37. The van der Waals surface area contributed by atoms with Crippen molar-refractivity contribution in [3.05, 3.63) is 40.5 Å². The van der Waals surface area contributed by atoms with Gasteiger partial charge in [0, 0.05) is 18.7 Å². The molecule has 0 radical (unpaired) electrons. The van der Waals surface area contributed by atoms with E-state index in [1.807, 2.05) is 34.6 Å². The molecule has 1 aromatic carbocycles. The standard InChI is InChI=1S/C19H23BrFN3O2/c1-18(2,3)26-17(25)24-11-10-23-15(20)14(22-16(23)19(24,4)5)12-6-8-13(21)9-7-12/h6-9H,10-11H2,1-5H3. The Labute approximate surface area is 161 Å². The van der Waals surface area contributed by atoms with Crippen LogP contribution in [0.25, 0.3) is 11.3 Å². The Bertz CT molecular complexity index is 838. The number of nitrogens with zero attached hydrogens (tertiary/aromatic N) is 3. The van der Waals surface area contributed by atoms with Gasteiger partial charge < -0.3 is 9.30 Å². The fourth-order valence-corrected chi connectivity index (χ4v) is 3.80. The van der Waals surface area contributed by atoms with Gasteiger partial charge in [0.2, 0.25) is 0 Å². The molecular formula is C19H23BrFN3O2. The van der Waals surface area contributed by atoms with Gasteiger partial charge in [-0.1, -0.05) is 0 Å². The fraction of sp³-hybridized carbons (Fsp3) is 0.474. The van der Waals surface area contributed by atoms with E-state index >= 15 is 0 Å². The number of hydrogen-bond donors (Lipinski definition) is 0. The second-order valence-electron chi connectivity index (χ2n) is 7.92. The summed E-state index contributed by atoms with van der Waals surface area (Å²) in [5.74, 6) is 0.478. The lowest BCUT2D eigenvalue weighted by molar-refractivity contribution is -0.00710. The van der Waals surface area contributed by atoms with Crippen LogP contribution in [0.1, 0.15) is 40.4 Å². The first kappa shape index (κ1) is 18.9. The van der Waals surface area contributed by atoms with Crippen molar-refractivity contribution in [2.75, 3.05) is 6.54 Å². The van der Waals surface area contributed by atoms with Crippen LogP contribution in [0.5, 0.6) is 0 Å². The highest BCUT2D eigenvalue weighted by atomic mass is 79.9. The third-order valence-corrected chi connectivity index (χ3v) is 5.21. The number of carbonyl (C=O) groups is 1. The van der Waals surface area contributed by atoms with E-state index in [-0.39, 0.29) is 11.9 Å². The summed E-state index contributed by atoms with van der Waals surface area (Å²) in [5, 5.41) is 0. The summed E-state index contributed by atoms with van der Waals surface area (Å²) in [7, 11) is 0. The van der Waals surface area contributed by atoms with Gasteiger partial charge >= 0.3 is 6.09 Å². The number of ether oxygens (including phenoxy) is 1. The monoisotopic (exact) mass is 423 g/mol. The maximum atomic E-state index is 13.2. The molecular weight excluding hydrogens is 401 g/mol. The van der Waals surface area contributed by atoms with Crippen molar-refractivity contribution in [2.45, 2.75) is 52.3 Å². The number of imidazole rings is 1. The highest BCUT2D eigenvalue weighted by Crippen LogP contribution is 2.38. The first-order chi connectivity index (χ1) is 12.0. The molecule has 1 aliphatic rings. The van der Waals surface area contributed by atoms with Gasteiger partial charge in [0.05, 0.1) is 5.54 Å². The Balaban J connectivity index is 1.99. The van der Waals surface area contributed by atoms with E-state index in [2.05, 4.69) is 20.5 Å². The summed E-state index contributed by atoms with van der Waals surface area (Å²) in [6, 6.07) is 6.23. The first-order valence-corrected chi connectivity index (χ1v) is 9.33. The number of fused-ring (bicyclic) bond motifs is 1. The molecule has 0 aliphatic carbocycles. The van der Waals surface area contributed by atoms with Gasteiger partial charge in [-0.25, -0.2) is 14.2 Å². The SMILES string of the molecule is CC(C)(C)OC(=O)N1CCn2c(nc(-c3ccc(F)cc3)c2Br)C1(C)C. The van der Waals surface area contributed by atoms with Crippen LogP contribution < -0.4 is 0 Å². The second-order valence-corrected chi connectivity index (χ2v) is 8.68. The number of halogens is 2. The van der Waals surface area contributed by atoms with Crippen molar-refractivity contribution in [3.8, 4) is 11.3 Å². The maximum Gasteiger partial charge on any atom is 0.411 e. The van der Waals surface area contributed by atoms with Crippen LogP contribution >= 0.6 is 15.9 Å². The number of aromatic nitrogens is 2. The van der Waals surface area contributed by atoms with Gasteiger partial charge in [0.25, 0.3) is 0 Å². The molecule has 2 heterocycles. The van der Waals surface area contributed by atoms with Crippen LogP contribution in [0.4, 0.5) is 9.18 Å². The maximum absolute atomic E-state index is 13.2. The fourth-order valence-electron chi connectivity index (χ4n) is 3.13. The van der Waals surface area contributed by atoms with Crippen molar-refractivity contribution < 1.29 is 13.9 Å². The lowest BCUT2D eigenvalue weighted by atomic mass is 10.00.